The number of aromatic nitrogens is 1. The van der Waals surface area contributed by atoms with Crippen LogP contribution in [0.1, 0.15) is 43.5 Å². The number of anilines is 1. The Hall–Kier alpha value is -2.18. The molecular weight excluding hydrogens is 274 g/mol. The van der Waals surface area contributed by atoms with Gasteiger partial charge in [-0.1, -0.05) is 13.8 Å². The fraction of sp³-hybridized carbons (Fsp3) is 0.571. The molecule has 2 rings (SSSR count). The van der Waals surface area contributed by atoms with Gasteiger partial charge in [-0.05, 0) is 24.7 Å². The van der Waals surface area contributed by atoms with E-state index in [9.17, 15) is 14.9 Å². The molecule has 21 heavy (non-hydrogen) atoms. The Morgan fingerprint density at radius 3 is 2.76 bits per heavy atom. The van der Waals surface area contributed by atoms with E-state index < -0.39 is 16.6 Å². The van der Waals surface area contributed by atoms with Gasteiger partial charge in [0.05, 0.1) is 4.92 Å². The number of pyridine rings is 1. The summed E-state index contributed by atoms with van der Waals surface area (Å²) >= 11 is 0. The molecule has 1 aliphatic rings. The number of nitro groups is 1. The third-order valence-corrected chi connectivity index (χ3v) is 3.96. The first-order valence-corrected chi connectivity index (χ1v) is 6.93. The highest BCUT2D eigenvalue weighted by Gasteiger charge is 2.26. The van der Waals surface area contributed by atoms with Gasteiger partial charge in [0, 0.05) is 19.2 Å². The third-order valence-electron chi connectivity index (χ3n) is 3.96. The fourth-order valence-corrected chi connectivity index (χ4v) is 2.58. The summed E-state index contributed by atoms with van der Waals surface area (Å²) in [4.78, 5) is 27.4. The summed E-state index contributed by atoms with van der Waals surface area (Å²) in [6.07, 6.45) is 4.11. The molecule has 1 N–H and O–H groups in total. The van der Waals surface area contributed by atoms with Crippen LogP contribution in [0.15, 0.2) is 12.3 Å². The molecule has 1 fully saturated rings. The number of rotatable bonds is 3. The zero-order valence-electron chi connectivity index (χ0n) is 12.2. The van der Waals surface area contributed by atoms with Crippen LogP contribution in [0.5, 0.6) is 0 Å². The summed E-state index contributed by atoms with van der Waals surface area (Å²) in [7, 11) is 0. The molecule has 0 spiro atoms. The number of carboxylic acids is 1. The maximum atomic E-state index is 11.2. The molecule has 7 nitrogen and oxygen atoms in total. The lowest BCUT2D eigenvalue weighted by Crippen LogP contribution is -2.26. The molecule has 0 radical (unpaired) electrons. The highest BCUT2D eigenvalue weighted by molar-refractivity contribution is 5.93. The Morgan fingerprint density at radius 2 is 2.14 bits per heavy atom. The quantitative estimate of drug-likeness (QED) is 0.679. The number of carboxylic acid groups (broad SMARTS) is 1. The van der Waals surface area contributed by atoms with E-state index in [0.29, 0.717) is 5.82 Å². The van der Waals surface area contributed by atoms with Gasteiger partial charge in [0.2, 0.25) is 0 Å². The van der Waals surface area contributed by atoms with Crippen LogP contribution >= 0.6 is 0 Å². The Balaban J connectivity index is 2.30. The summed E-state index contributed by atoms with van der Waals surface area (Å²) in [6, 6.07) is 1.30. The van der Waals surface area contributed by atoms with E-state index in [4.69, 9.17) is 5.11 Å². The Morgan fingerprint density at radius 1 is 1.43 bits per heavy atom. The molecule has 1 aromatic rings. The molecule has 0 unspecified atom stereocenters. The van der Waals surface area contributed by atoms with Gasteiger partial charge in [-0.2, -0.15) is 0 Å². The van der Waals surface area contributed by atoms with Crippen molar-refractivity contribution in [2.75, 3.05) is 18.0 Å². The van der Waals surface area contributed by atoms with Crippen molar-refractivity contribution in [3.63, 3.8) is 0 Å². The molecule has 0 saturated carbocycles. The van der Waals surface area contributed by atoms with E-state index in [1.165, 1.54) is 6.07 Å². The van der Waals surface area contributed by atoms with Crippen molar-refractivity contribution >= 4 is 17.5 Å². The van der Waals surface area contributed by atoms with Crippen molar-refractivity contribution in [2.45, 2.75) is 33.1 Å². The smallest absolute Gasteiger partial charge is 0.342 e. The lowest BCUT2D eigenvalue weighted by Gasteiger charge is -2.24. The average Bonchev–Trinajstić information content (AvgIpc) is 2.59. The zero-order valence-corrected chi connectivity index (χ0v) is 12.2. The van der Waals surface area contributed by atoms with E-state index in [1.807, 2.05) is 4.90 Å². The van der Waals surface area contributed by atoms with Crippen LogP contribution in [0.3, 0.4) is 0 Å². The minimum absolute atomic E-state index is 0.255. The standard InChI is InChI=1S/C14H19N3O4/c1-14(2)4-3-6-16(7-5-14)12-8-10(13(18)19)11(9-15-12)17(20)21/h8-9H,3-7H2,1-2H3,(H,18,19). The molecule has 1 saturated heterocycles. The van der Waals surface area contributed by atoms with Crippen molar-refractivity contribution < 1.29 is 14.8 Å². The van der Waals surface area contributed by atoms with Gasteiger partial charge < -0.3 is 10.0 Å². The highest BCUT2D eigenvalue weighted by Crippen LogP contribution is 2.32. The zero-order chi connectivity index (χ0) is 15.6. The lowest BCUT2D eigenvalue weighted by molar-refractivity contribution is -0.385. The second kappa shape index (κ2) is 5.67. The summed E-state index contributed by atoms with van der Waals surface area (Å²) in [5, 5.41) is 20.0. The van der Waals surface area contributed by atoms with E-state index in [2.05, 4.69) is 18.8 Å². The van der Waals surface area contributed by atoms with Gasteiger partial charge in [0.15, 0.2) is 0 Å². The molecule has 1 aromatic heterocycles. The summed E-state index contributed by atoms with van der Waals surface area (Å²) < 4.78 is 0. The maximum Gasteiger partial charge on any atom is 0.342 e. The summed E-state index contributed by atoms with van der Waals surface area (Å²) in [6.45, 7) is 5.98. The molecule has 0 atom stereocenters. The van der Waals surface area contributed by atoms with Gasteiger partial charge >= 0.3 is 11.7 Å². The van der Waals surface area contributed by atoms with E-state index >= 15 is 0 Å². The van der Waals surface area contributed by atoms with Crippen LogP contribution in [-0.2, 0) is 0 Å². The molecule has 7 heteroatoms. The Kier molecular flexibility index (Phi) is 4.11. The third kappa shape index (κ3) is 3.48. The number of carbonyl (C=O) groups is 1. The van der Waals surface area contributed by atoms with Crippen molar-refractivity contribution in [3.05, 3.63) is 27.9 Å². The molecule has 0 aromatic carbocycles. The number of nitrogens with zero attached hydrogens (tertiary/aromatic N) is 3. The van der Waals surface area contributed by atoms with E-state index in [-0.39, 0.29) is 11.0 Å². The van der Waals surface area contributed by atoms with Crippen molar-refractivity contribution in [1.82, 2.24) is 4.98 Å². The minimum atomic E-state index is -1.31. The molecule has 1 aliphatic heterocycles. The largest absolute Gasteiger partial charge is 0.477 e. The predicted octanol–water partition coefficient (Wildman–Crippen LogP) is 2.70. The second-order valence-electron chi connectivity index (χ2n) is 6.13. The SMILES string of the molecule is CC1(C)CCCN(c2cc(C(=O)O)c([N+](=O)[O-])cn2)CC1. The van der Waals surface area contributed by atoms with Crippen LogP contribution in [-0.4, -0.2) is 34.1 Å². The molecule has 2 heterocycles. The van der Waals surface area contributed by atoms with Crippen LogP contribution in [0, 0.1) is 15.5 Å². The van der Waals surface area contributed by atoms with Crippen molar-refractivity contribution in [3.8, 4) is 0 Å². The van der Waals surface area contributed by atoms with Crippen LogP contribution < -0.4 is 4.90 Å². The van der Waals surface area contributed by atoms with Gasteiger partial charge in [-0.3, -0.25) is 10.1 Å². The van der Waals surface area contributed by atoms with Gasteiger partial charge in [-0.15, -0.1) is 0 Å². The maximum absolute atomic E-state index is 11.2. The minimum Gasteiger partial charge on any atom is -0.477 e. The number of hydrogen-bond acceptors (Lipinski definition) is 5. The van der Waals surface area contributed by atoms with Crippen molar-refractivity contribution in [2.24, 2.45) is 5.41 Å². The van der Waals surface area contributed by atoms with Crippen LogP contribution in [0.4, 0.5) is 11.5 Å². The number of hydrogen-bond donors (Lipinski definition) is 1. The van der Waals surface area contributed by atoms with Crippen LogP contribution in [0.2, 0.25) is 0 Å². The first kappa shape index (κ1) is 15.2. The fourth-order valence-electron chi connectivity index (χ4n) is 2.58. The highest BCUT2D eigenvalue weighted by atomic mass is 16.6. The Labute approximate surface area is 122 Å². The summed E-state index contributed by atoms with van der Waals surface area (Å²) in [5.41, 5.74) is -0.527. The van der Waals surface area contributed by atoms with Crippen LogP contribution in [0.25, 0.3) is 0 Å². The molecule has 0 aliphatic carbocycles. The predicted molar refractivity (Wildman–Crippen MR) is 77.7 cm³/mol. The first-order valence-electron chi connectivity index (χ1n) is 6.93. The van der Waals surface area contributed by atoms with Gasteiger partial charge in [0.25, 0.3) is 0 Å². The normalized spacial score (nSPS) is 18.1. The monoisotopic (exact) mass is 293 g/mol. The first-order chi connectivity index (χ1) is 9.80. The van der Waals surface area contributed by atoms with Gasteiger partial charge in [0.1, 0.15) is 17.6 Å². The molecule has 0 amide bonds. The number of aromatic carboxylic acids is 1. The molecule has 114 valence electrons. The van der Waals surface area contributed by atoms with E-state index in [0.717, 1.165) is 38.5 Å². The van der Waals surface area contributed by atoms with Crippen molar-refractivity contribution in [1.29, 1.82) is 0 Å². The van der Waals surface area contributed by atoms with Gasteiger partial charge in [-0.25, -0.2) is 9.78 Å². The molecular formula is C14H19N3O4. The average molecular weight is 293 g/mol. The second-order valence-corrected chi connectivity index (χ2v) is 6.13. The lowest BCUT2D eigenvalue weighted by atomic mass is 9.85. The summed E-state index contributed by atoms with van der Waals surface area (Å²) in [5.74, 6) is -0.809. The Bertz CT molecular complexity index is 571. The topological polar surface area (TPSA) is 96.6 Å². The van der Waals surface area contributed by atoms with E-state index in [1.54, 1.807) is 0 Å². The molecule has 0 bridgehead atoms.